The van der Waals surface area contributed by atoms with Gasteiger partial charge in [0, 0.05) is 6.42 Å². The molecule has 2 rings (SSSR count). The first kappa shape index (κ1) is 10.5. The molecule has 0 saturated heterocycles. The van der Waals surface area contributed by atoms with Crippen molar-refractivity contribution < 1.29 is 14.7 Å². The zero-order chi connectivity index (χ0) is 10.8. The van der Waals surface area contributed by atoms with Crippen LogP contribution >= 0.6 is 0 Å². The fraction of sp³-hybridized carbons (Fsp3) is 0.818. The summed E-state index contributed by atoms with van der Waals surface area (Å²) in [6.45, 7) is -0.250. The molecule has 15 heavy (non-hydrogen) atoms. The monoisotopic (exact) mass is 211 g/mol. The Kier molecular flexibility index (Phi) is 2.93. The molecule has 0 aliphatic heterocycles. The van der Waals surface area contributed by atoms with Crippen LogP contribution in [0.2, 0.25) is 0 Å². The Morgan fingerprint density at radius 2 is 2.07 bits per heavy atom. The minimum Gasteiger partial charge on any atom is -0.480 e. The van der Waals surface area contributed by atoms with Gasteiger partial charge < -0.3 is 10.4 Å². The highest BCUT2D eigenvalue weighted by molar-refractivity contribution is 5.81. The third kappa shape index (κ3) is 2.49. The van der Waals surface area contributed by atoms with Gasteiger partial charge in [-0.3, -0.25) is 9.59 Å². The van der Waals surface area contributed by atoms with Gasteiger partial charge in [0.1, 0.15) is 6.54 Å². The lowest BCUT2D eigenvalue weighted by Gasteiger charge is -2.20. The number of aliphatic carboxylic acids is 1. The first-order chi connectivity index (χ1) is 7.15. The Labute approximate surface area is 89.0 Å². The van der Waals surface area contributed by atoms with Crippen molar-refractivity contribution >= 4 is 11.9 Å². The molecule has 3 unspecified atom stereocenters. The number of carboxylic acid groups (broad SMARTS) is 1. The summed E-state index contributed by atoms with van der Waals surface area (Å²) in [7, 11) is 0. The molecule has 0 aromatic carbocycles. The van der Waals surface area contributed by atoms with Gasteiger partial charge in [0.15, 0.2) is 0 Å². The van der Waals surface area contributed by atoms with Gasteiger partial charge in [0.05, 0.1) is 0 Å². The topological polar surface area (TPSA) is 66.4 Å². The highest BCUT2D eigenvalue weighted by atomic mass is 16.4. The van der Waals surface area contributed by atoms with Crippen molar-refractivity contribution in [2.24, 2.45) is 17.8 Å². The van der Waals surface area contributed by atoms with Crippen molar-refractivity contribution in [2.45, 2.75) is 32.1 Å². The normalized spacial score (nSPS) is 32.9. The van der Waals surface area contributed by atoms with Crippen molar-refractivity contribution in [1.82, 2.24) is 5.32 Å². The van der Waals surface area contributed by atoms with Crippen LogP contribution in [-0.4, -0.2) is 23.5 Å². The maximum Gasteiger partial charge on any atom is 0.322 e. The fourth-order valence-electron chi connectivity index (χ4n) is 3.11. The number of rotatable bonds is 4. The van der Waals surface area contributed by atoms with Gasteiger partial charge in [-0.2, -0.15) is 0 Å². The minimum absolute atomic E-state index is 0.102. The number of hydrogen-bond donors (Lipinski definition) is 2. The van der Waals surface area contributed by atoms with Crippen LogP contribution in [0, 0.1) is 17.8 Å². The number of hydrogen-bond acceptors (Lipinski definition) is 2. The van der Waals surface area contributed by atoms with Crippen molar-refractivity contribution in [3.63, 3.8) is 0 Å². The molecule has 0 aromatic rings. The molecule has 2 saturated carbocycles. The molecule has 2 N–H and O–H groups in total. The van der Waals surface area contributed by atoms with Gasteiger partial charge >= 0.3 is 5.97 Å². The van der Waals surface area contributed by atoms with E-state index in [9.17, 15) is 9.59 Å². The quantitative estimate of drug-likeness (QED) is 0.729. The third-order valence-electron chi connectivity index (χ3n) is 3.77. The number of nitrogens with one attached hydrogen (secondary N) is 1. The molecule has 1 amide bonds. The predicted octanol–water partition coefficient (Wildman–Crippen LogP) is 1.01. The van der Waals surface area contributed by atoms with Crippen LogP contribution in [0.15, 0.2) is 0 Å². The standard InChI is InChI=1S/C11H17NO3/c13-10(12-6-11(14)15)5-9-4-7-1-2-8(9)3-7/h7-9H,1-6H2,(H,12,13)(H,14,15). The second kappa shape index (κ2) is 4.21. The largest absolute Gasteiger partial charge is 0.480 e. The number of amides is 1. The van der Waals surface area contributed by atoms with E-state index >= 15 is 0 Å². The maximum absolute atomic E-state index is 11.4. The van der Waals surface area contributed by atoms with E-state index in [1.807, 2.05) is 0 Å². The predicted molar refractivity (Wildman–Crippen MR) is 54.2 cm³/mol. The molecule has 0 spiro atoms. The molecule has 2 fully saturated rings. The van der Waals surface area contributed by atoms with E-state index in [0.717, 1.165) is 11.8 Å². The van der Waals surface area contributed by atoms with Crippen LogP contribution in [-0.2, 0) is 9.59 Å². The van der Waals surface area contributed by atoms with E-state index in [1.165, 1.54) is 25.7 Å². The van der Waals surface area contributed by atoms with Crippen molar-refractivity contribution in [3.05, 3.63) is 0 Å². The molecule has 4 heteroatoms. The summed E-state index contributed by atoms with van der Waals surface area (Å²) in [5, 5.41) is 10.8. The van der Waals surface area contributed by atoms with Crippen LogP contribution in [0.25, 0.3) is 0 Å². The van der Waals surface area contributed by atoms with Crippen molar-refractivity contribution in [1.29, 1.82) is 0 Å². The Morgan fingerprint density at radius 3 is 2.60 bits per heavy atom. The average Bonchev–Trinajstić information content (AvgIpc) is 2.76. The number of carboxylic acids is 1. The van der Waals surface area contributed by atoms with Crippen LogP contribution in [0.3, 0.4) is 0 Å². The second-order valence-electron chi connectivity index (χ2n) is 4.81. The first-order valence-corrected chi connectivity index (χ1v) is 5.63. The lowest BCUT2D eigenvalue weighted by Crippen LogP contribution is -2.31. The van der Waals surface area contributed by atoms with Gasteiger partial charge in [-0.1, -0.05) is 6.42 Å². The van der Waals surface area contributed by atoms with Gasteiger partial charge in [0.25, 0.3) is 0 Å². The molecular weight excluding hydrogens is 194 g/mol. The number of carbonyl (C=O) groups is 2. The van der Waals surface area contributed by atoms with E-state index in [0.29, 0.717) is 12.3 Å². The van der Waals surface area contributed by atoms with E-state index in [-0.39, 0.29) is 12.5 Å². The molecule has 2 aliphatic rings. The van der Waals surface area contributed by atoms with Crippen LogP contribution < -0.4 is 5.32 Å². The Hall–Kier alpha value is -1.06. The highest BCUT2D eigenvalue weighted by Crippen LogP contribution is 2.49. The lowest BCUT2D eigenvalue weighted by molar-refractivity contribution is -0.138. The summed E-state index contributed by atoms with van der Waals surface area (Å²) in [6.07, 6.45) is 5.58. The second-order valence-corrected chi connectivity index (χ2v) is 4.81. The summed E-state index contributed by atoms with van der Waals surface area (Å²) in [6, 6.07) is 0. The molecule has 2 aliphatic carbocycles. The Balaban J connectivity index is 1.73. The fourth-order valence-corrected chi connectivity index (χ4v) is 3.11. The van der Waals surface area contributed by atoms with E-state index in [2.05, 4.69) is 5.32 Å². The SMILES string of the molecule is O=C(O)CNC(=O)CC1CC2CCC1C2. The molecule has 4 nitrogen and oxygen atoms in total. The highest BCUT2D eigenvalue weighted by Gasteiger charge is 2.39. The average molecular weight is 211 g/mol. The summed E-state index contributed by atoms with van der Waals surface area (Å²) in [4.78, 5) is 21.7. The van der Waals surface area contributed by atoms with Crippen LogP contribution in [0.5, 0.6) is 0 Å². The maximum atomic E-state index is 11.4. The van der Waals surface area contributed by atoms with Crippen molar-refractivity contribution in [3.8, 4) is 0 Å². The minimum atomic E-state index is -0.976. The molecule has 0 radical (unpaired) electrons. The Bertz CT molecular complexity index is 277. The van der Waals surface area contributed by atoms with Gasteiger partial charge in [-0.15, -0.1) is 0 Å². The summed E-state index contributed by atoms with van der Waals surface area (Å²) in [5.74, 6) is 1.00. The smallest absolute Gasteiger partial charge is 0.322 e. The first-order valence-electron chi connectivity index (χ1n) is 5.63. The van der Waals surface area contributed by atoms with E-state index < -0.39 is 5.97 Å². The molecule has 84 valence electrons. The zero-order valence-corrected chi connectivity index (χ0v) is 8.74. The Morgan fingerprint density at radius 1 is 1.27 bits per heavy atom. The molecule has 0 aromatic heterocycles. The molecule has 2 bridgehead atoms. The molecule has 0 heterocycles. The van der Waals surface area contributed by atoms with Crippen LogP contribution in [0.1, 0.15) is 32.1 Å². The number of fused-ring (bicyclic) bond motifs is 2. The summed E-state index contributed by atoms with van der Waals surface area (Å²) < 4.78 is 0. The lowest BCUT2D eigenvalue weighted by atomic mass is 9.86. The summed E-state index contributed by atoms with van der Waals surface area (Å²) >= 11 is 0. The zero-order valence-electron chi connectivity index (χ0n) is 8.74. The van der Waals surface area contributed by atoms with Gasteiger partial charge in [-0.25, -0.2) is 0 Å². The van der Waals surface area contributed by atoms with Gasteiger partial charge in [0.2, 0.25) is 5.91 Å². The van der Waals surface area contributed by atoms with E-state index in [1.54, 1.807) is 0 Å². The molecular formula is C11H17NO3. The van der Waals surface area contributed by atoms with Crippen molar-refractivity contribution in [2.75, 3.05) is 6.54 Å². The summed E-state index contributed by atoms with van der Waals surface area (Å²) in [5.41, 5.74) is 0. The number of carbonyl (C=O) groups excluding carboxylic acids is 1. The van der Waals surface area contributed by atoms with E-state index in [4.69, 9.17) is 5.11 Å². The van der Waals surface area contributed by atoms with Crippen LogP contribution in [0.4, 0.5) is 0 Å². The third-order valence-corrected chi connectivity index (χ3v) is 3.77. The van der Waals surface area contributed by atoms with Gasteiger partial charge in [-0.05, 0) is 37.0 Å². The molecule has 3 atom stereocenters.